The predicted octanol–water partition coefficient (Wildman–Crippen LogP) is -12.2. The van der Waals surface area contributed by atoms with Crippen molar-refractivity contribution in [1.29, 1.82) is 0 Å². The van der Waals surface area contributed by atoms with Crippen molar-refractivity contribution in [3.05, 3.63) is 0 Å². The molecule has 27 heteroatoms. The summed E-state index contributed by atoms with van der Waals surface area (Å²) in [4.78, 5) is 11.5. The van der Waals surface area contributed by atoms with Crippen molar-refractivity contribution < 1.29 is 135 Å². The summed E-state index contributed by atoms with van der Waals surface area (Å²) in [7, 11) is 0. The molecule has 4 fully saturated rings. The van der Waals surface area contributed by atoms with Gasteiger partial charge in [0.2, 0.25) is 0 Å². The van der Waals surface area contributed by atoms with Gasteiger partial charge in [0, 0.05) is 0 Å². The Morgan fingerprint density at radius 3 is 1.49 bits per heavy atom. The molecule has 0 spiro atoms. The van der Waals surface area contributed by atoms with Crippen LogP contribution in [-0.2, 0) is 42.7 Å². The molecule has 0 aliphatic carbocycles. The van der Waals surface area contributed by atoms with Gasteiger partial charge in [-0.05, 0) is 0 Å². The van der Waals surface area contributed by atoms with Crippen LogP contribution < -0.4 is 0 Å². The summed E-state index contributed by atoms with van der Waals surface area (Å²) in [6.07, 6.45) is -48.1. The standard InChI is InChI=1S/C30H52O27/c31-1-6(34)11(36)23(7(35)2-32)55-30-22(47)24(14(39)10(54-30)5-50-27-19(44)15(40)12(37)8(3-33)52-27)56-29-21(46)16(41)13(38)9(53-29)4-51-28-20(45)17(42)18(43)25(57-28)26(48)49/h6-25,27-47H,1-5H2,(H,48,49)/t6-,7+,8-,9-,10-,11-,12-,13-,14-,15+,16+,17+,18+,19-,20-,21+,22+,23-,24+,25+,27+,28-,29-,30-/m1/s1. The molecule has 27 nitrogen and oxygen atoms in total. The van der Waals surface area contributed by atoms with Gasteiger partial charge in [0.15, 0.2) is 31.3 Å². The highest BCUT2D eigenvalue weighted by atomic mass is 16.8. The van der Waals surface area contributed by atoms with Gasteiger partial charge in [0.05, 0.1) is 33.0 Å². The number of rotatable bonds is 17. The zero-order chi connectivity index (χ0) is 42.6. The lowest BCUT2D eigenvalue weighted by molar-refractivity contribution is -0.377. The third kappa shape index (κ3) is 10.7. The van der Waals surface area contributed by atoms with Gasteiger partial charge in [-0.15, -0.1) is 0 Å². The Hall–Kier alpha value is -1.53. The van der Waals surface area contributed by atoms with Crippen LogP contribution in [0.4, 0.5) is 0 Å². The Bertz CT molecular complexity index is 1240. The van der Waals surface area contributed by atoms with E-state index in [0.717, 1.165) is 0 Å². The van der Waals surface area contributed by atoms with Crippen LogP contribution in [0.2, 0.25) is 0 Å². The van der Waals surface area contributed by atoms with Crippen molar-refractivity contribution in [2.45, 2.75) is 147 Å². The van der Waals surface area contributed by atoms with Gasteiger partial charge in [-0.25, -0.2) is 4.79 Å². The minimum atomic E-state index is -2.27. The summed E-state index contributed by atoms with van der Waals surface area (Å²) in [6, 6.07) is 0. The number of hydrogen-bond donors (Lipinski definition) is 18. The summed E-state index contributed by atoms with van der Waals surface area (Å²) in [6.45, 7) is -4.86. The highest BCUT2D eigenvalue weighted by molar-refractivity contribution is 5.73. The van der Waals surface area contributed by atoms with Crippen LogP contribution >= 0.6 is 0 Å². The van der Waals surface area contributed by atoms with E-state index in [-0.39, 0.29) is 0 Å². The summed E-state index contributed by atoms with van der Waals surface area (Å²) in [5, 5.41) is 184. The summed E-state index contributed by atoms with van der Waals surface area (Å²) >= 11 is 0. The molecule has 0 unspecified atom stereocenters. The number of carboxylic acid groups (broad SMARTS) is 1. The third-order valence-electron chi connectivity index (χ3n) is 9.89. The monoisotopic (exact) mass is 844 g/mol. The van der Waals surface area contributed by atoms with Gasteiger partial charge in [0.25, 0.3) is 0 Å². The second kappa shape index (κ2) is 20.8. The summed E-state index contributed by atoms with van der Waals surface area (Å²) < 4.78 is 43.2. The molecule has 0 aromatic heterocycles. The van der Waals surface area contributed by atoms with Gasteiger partial charge in [0.1, 0.15) is 116 Å². The maximum atomic E-state index is 11.5. The molecular formula is C30H52O27. The predicted molar refractivity (Wildman–Crippen MR) is 169 cm³/mol. The van der Waals surface area contributed by atoms with E-state index in [1.54, 1.807) is 0 Å². The van der Waals surface area contributed by atoms with Crippen molar-refractivity contribution in [3.8, 4) is 0 Å². The highest BCUT2D eigenvalue weighted by Gasteiger charge is 2.54. The van der Waals surface area contributed by atoms with Gasteiger partial charge in [-0.3, -0.25) is 0 Å². The number of ether oxygens (including phenoxy) is 8. The first kappa shape index (κ1) is 48.1. The van der Waals surface area contributed by atoms with E-state index in [2.05, 4.69) is 0 Å². The molecule has 0 aromatic rings. The molecule has 334 valence electrons. The second-order valence-corrected chi connectivity index (χ2v) is 13.8. The quantitative estimate of drug-likeness (QED) is 0.0646. The number of aliphatic carboxylic acids is 1. The molecule has 24 atom stereocenters. The van der Waals surface area contributed by atoms with E-state index >= 15 is 0 Å². The highest BCUT2D eigenvalue weighted by Crippen LogP contribution is 2.33. The van der Waals surface area contributed by atoms with Gasteiger partial charge < -0.3 is 130 Å². The molecule has 0 saturated carbocycles. The van der Waals surface area contributed by atoms with Crippen LogP contribution in [0.5, 0.6) is 0 Å². The number of carboxylic acids is 1. The molecular weight excluding hydrogens is 792 g/mol. The molecule has 57 heavy (non-hydrogen) atoms. The van der Waals surface area contributed by atoms with Crippen molar-refractivity contribution in [2.75, 3.05) is 33.0 Å². The third-order valence-corrected chi connectivity index (χ3v) is 9.89. The smallest absolute Gasteiger partial charge is 0.335 e. The number of hydrogen-bond acceptors (Lipinski definition) is 26. The van der Waals surface area contributed by atoms with Gasteiger partial charge >= 0.3 is 5.97 Å². The Kier molecular flexibility index (Phi) is 17.6. The topological polar surface area (TPSA) is 455 Å². The summed E-state index contributed by atoms with van der Waals surface area (Å²) in [5.74, 6) is -1.74. The molecule has 0 amide bonds. The van der Waals surface area contributed by atoms with Crippen molar-refractivity contribution in [3.63, 3.8) is 0 Å². The fourth-order valence-electron chi connectivity index (χ4n) is 6.39. The first-order chi connectivity index (χ1) is 26.8. The molecule has 0 bridgehead atoms. The SMILES string of the molecule is O=C(O)[C@H]1O[C@@H](OC[C@H]2O[C@H](O[C@@H]3[C@H](O)[C@@H](O[C@@H]([C@H](O)[C@H](O)CO)[C@@H](O)CO)O[C@H](CO[C@H]4O[C@H](CO)[C@@H](O)[C@H](O)[C@H]4O)[C@H]3O)[C@@H](O)[C@@H](O)[C@@H]2O)[C@H](O)[C@@H](O)[C@@H]1O. The molecule has 4 aliphatic heterocycles. The Morgan fingerprint density at radius 1 is 0.509 bits per heavy atom. The molecule has 4 aliphatic rings. The van der Waals surface area contributed by atoms with E-state index in [1.165, 1.54) is 0 Å². The normalized spacial score (nSPS) is 46.5. The van der Waals surface area contributed by atoms with Gasteiger partial charge in [-0.2, -0.15) is 0 Å². The van der Waals surface area contributed by atoms with Crippen LogP contribution in [0, 0.1) is 0 Å². The van der Waals surface area contributed by atoms with E-state index in [9.17, 15) is 96.7 Å². The maximum Gasteiger partial charge on any atom is 0.335 e. The number of aliphatic hydroxyl groups is 17. The first-order valence-electron chi connectivity index (χ1n) is 17.5. The minimum Gasteiger partial charge on any atom is -0.479 e. The van der Waals surface area contributed by atoms with Crippen molar-refractivity contribution >= 4 is 5.97 Å². The van der Waals surface area contributed by atoms with Crippen LogP contribution in [0.3, 0.4) is 0 Å². The first-order valence-corrected chi connectivity index (χ1v) is 17.5. The Balaban J connectivity index is 1.57. The van der Waals surface area contributed by atoms with E-state index < -0.39 is 186 Å². The van der Waals surface area contributed by atoms with Gasteiger partial charge in [-0.1, -0.05) is 0 Å². The van der Waals surface area contributed by atoms with Crippen molar-refractivity contribution in [1.82, 2.24) is 0 Å². The van der Waals surface area contributed by atoms with Crippen LogP contribution in [0.15, 0.2) is 0 Å². The fraction of sp³-hybridized carbons (Fsp3) is 0.967. The second-order valence-electron chi connectivity index (χ2n) is 13.8. The van der Waals surface area contributed by atoms with Crippen LogP contribution in [-0.4, -0.2) is 278 Å². The van der Waals surface area contributed by atoms with E-state index in [1.807, 2.05) is 0 Å². The summed E-state index contributed by atoms with van der Waals surface area (Å²) in [5.41, 5.74) is 0. The number of aliphatic hydroxyl groups excluding tert-OH is 17. The largest absolute Gasteiger partial charge is 0.479 e. The van der Waals surface area contributed by atoms with E-state index in [0.29, 0.717) is 0 Å². The minimum absolute atomic E-state index is 0.847. The van der Waals surface area contributed by atoms with Crippen LogP contribution in [0.25, 0.3) is 0 Å². The Morgan fingerprint density at radius 2 is 0.965 bits per heavy atom. The molecule has 0 radical (unpaired) electrons. The maximum absolute atomic E-state index is 11.5. The molecule has 4 saturated heterocycles. The van der Waals surface area contributed by atoms with Crippen molar-refractivity contribution in [2.24, 2.45) is 0 Å². The molecule has 4 rings (SSSR count). The average Bonchev–Trinajstić information content (AvgIpc) is 3.19. The molecule has 0 aromatic carbocycles. The zero-order valence-corrected chi connectivity index (χ0v) is 29.6. The average molecular weight is 845 g/mol. The fourth-order valence-corrected chi connectivity index (χ4v) is 6.39. The lowest BCUT2D eigenvalue weighted by Crippen LogP contribution is -2.66. The zero-order valence-electron chi connectivity index (χ0n) is 29.6. The van der Waals surface area contributed by atoms with Crippen LogP contribution in [0.1, 0.15) is 0 Å². The molecule has 4 heterocycles. The van der Waals surface area contributed by atoms with E-state index in [4.69, 9.17) is 37.9 Å². The lowest BCUT2D eigenvalue weighted by Gasteiger charge is -2.47. The molecule has 18 N–H and O–H groups in total. The lowest BCUT2D eigenvalue weighted by atomic mass is 9.96. The Labute approximate surface area is 321 Å². The number of carbonyl (C=O) groups is 1.